The van der Waals surface area contributed by atoms with Crippen LogP contribution in [0.2, 0.25) is 0 Å². The van der Waals surface area contributed by atoms with Crippen LogP contribution >= 0.6 is 0 Å². The fourth-order valence-electron chi connectivity index (χ4n) is 2.57. The lowest BCUT2D eigenvalue weighted by Gasteiger charge is -2.24. The molecule has 6 heteroatoms. The average Bonchev–Trinajstić information content (AvgIpc) is 2.85. The van der Waals surface area contributed by atoms with Crippen LogP contribution in [-0.2, 0) is 4.79 Å². The molecule has 1 aliphatic rings. The summed E-state index contributed by atoms with van der Waals surface area (Å²) in [6.07, 6.45) is 3.60. The predicted molar refractivity (Wildman–Crippen MR) is 68.6 cm³/mol. The van der Waals surface area contributed by atoms with Gasteiger partial charge in [0.2, 0.25) is 5.95 Å². The molecule has 1 aromatic rings. The maximum absolute atomic E-state index is 11.5. The molecule has 2 heterocycles. The van der Waals surface area contributed by atoms with Crippen LogP contribution in [0.1, 0.15) is 31.9 Å². The van der Waals surface area contributed by atoms with Gasteiger partial charge in [0, 0.05) is 19.3 Å². The molecule has 1 saturated heterocycles. The summed E-state index contributed by atoms with van der Waals surface area (Å²) in [6, 6.07) is 3.50. The van der Waals surface area contributed by atoms with Gasteiger partial charge in [-0.05, 0) is 18.9 Å². The van der Waals surface area contributed by atoms with Crippen LogP contribution in [0.3, 0.4) is 0 Å². The van der Waals surface area contributed by atoms with Gasteiger partial charge >= 0.3 is 5.97 Å². The first kappa shape index (κ1) is 13.3. The molecule has 6 nitrogen and oxygen atoms in total. The fraction of sp³-hybridized carbons (Fsp3) is 0.538. The number of aliphatic carboxylic acids is 1. The minimum atomic E-state index is -0.756. The van der Waals surface area contributed by atoms with E-state index in [2.05, 4.69) is 9.97 Å². The molecular weight excluding hydrogens is 244 g/mol. The van der Waals surface area contributed by atoms with Crippen molar-refractivity contribution in [3.05, 3.63) is 18.0 Å². The Hall–Kier alpha value is -2.16. The molecule has 0 amide bonds. The molecule has 1 aromatic heterocycles. The van der Waals surface area contributed by atoms with E-state index in [1.165, 1.54) is 12.3 Å². The van der Waals surface area contributed by atoms with Gasteiger partial charge in [0.15, 0.2) is 0 Å². The van der Waals surface area contributed by atoms with Gasteiger partial charge in [-0.2, -0.15) is 5.26 Å². The third-order valence-corrected chi connectivity index (χ3v) is 3.58. The Bertz CT molecular complexity index is 526. The average molecular weight is 260 g/mol. The summed E-state index contributed by atoms with van der Waals surface area (Å²) in [5.41, 5.74) is -0.408. The highest BCUT2D eigenvalue weighted by atomic mass is 16.4. The van der Waals surface area contributed by atoms with Crippen molar-refractivity contribution < 1.29 is 9.90 Å². The SMILES string of the molecule is CCCC1(C(=O)O)CCN(c2nccc(C#N)n2)C1. The second-order valence-electron chi connectivity index (χ2n) is 4.86. The van der Waals surface area contributed by atoms with Gasteiger partial charge in [-0.15, -0.1) is 0 Å². The highest BCUT2D eigenvalue weighted by molar-refractivity contribution is 5.76. The number of hydrogen-bond acceptors (Lipinski definition) is 5. The molecule has 1 aliphatic heterocycles. The fourth-order valence-corrected chi connectivity index (χ4v) is 2.57. The molecule has 0 radical (unpaired) electrons. The van der Waals surface area contributed by atoms with Crippen LogP contribution in [-0.4, -0.2) is 34.1 Å². The van der Waals surface area contributed by atoms with Crippen molar-refractivity contribution >= 4 is 11.9 Å². The molecule has 0 bridgehead atoms. The van der Waals surface area contributed by atoms with Crippen LogP contribution < -0.4 is 4.90 Å². The summed E-state index contributed by atoms with van der Waals surface area (Å²) in [5.74, 6) is -0.313. The first-order chi connectivity index (χ1) is 9.11. The molecule has 1 atom stereocenters. The Morgan fingerprint density at radius 2 is 2.47 bits per heavy atom. The predicted octanol–water partition coefficient (Wildman–Crippen LogP) is 1.43. The maximum Gasteiger partial charge on any atom is 0.311 e. The van der Waals surface area contributed by atoms with Gasteiger partial charge in [-0.3, -0.25) is 4.79 Å². The summed E-state index contributed by atoms with van der Waals surface area (Å²) in [4.78, 5) is 21.6. The van der Waals surface area contributed by atoms with E-state index in [-0.39, 0.29) is 0 Å². The van der Waals surface area contributed by atoms with E-state index in [0.717, 1.165) is 6.42 Å². The number of aromatic nitrogens is 2. The summed E-state index contributed by atoms with van der Waals surface area (Å²) < 4.78 is 0. The molecule has 1 unspecified atom stereocenters. The number of anilines is 1. The van der Waals surface area contributed by atoms with E-state index in [1.807, 2.05) is 17.9 Å². The number of carboxylic acid groups (broad SMARTS) is 1. The number of nitrogens with zero attached hydrogens (tertiary/aromatic N) is 4. The van der Waals surface area contributed by atoms with Gasteiger partial charge in [-0.25, -0.2) is 9.97 Å². The third kappa shape index (κ3) is 2.50. The second-order valence-corrected chi connectivity index (χ2v) is 4.86. The third-order valence-electron chi connectivity index (χ3n) is 3.58. The van der Waals surface area contributed by atoms with Crippen LogP contribution in [0.5, 0.6) is 0 Å². The lowest BCUT2D eigenvalue weighted by atomic mass is 9.83. The van der Waals surface area contributed by atoms with Crippen molar-refractivity contribution in [2.45, 2.75) is 26.2 Å². The van der Waals surface area contributed by atoms with Crippen LogP contribution in [0.25, 0.3) is 0 Å². The summed E-state index contributed by atoms with van der Waals surface area (Å²) in [5, 5.41) is 18.3. The van der Waals surface area contributed by atoms with Crippen molar-refractivity contribution in [1.29, 1.82) is 5.26 Å². The number of carbonyl (C=O) groups is 1. The molecule has 100 valence electrons. The zero-order valence-corrected chi connectivity index (χ0v) is 10.8. The standard InChI is InChI=1S/C13H16N4O2/c1-2-4-13(11(18)19)5-7-17(9-13)12-15-6-3-10(8-14)16-12/h3,6H,2,4-5,7,9H2,1H3,(H,18,19). The first-order valence-corrected chi connectivity index (χ1v) is 6.33. The summed E-state index contributed by atoms with van der Waals surface area (Å²) in [6.45, 7) is 3.01. The van der Waals surface area contributed by atoms with Crippen molar-refractivity contribution in [2.24, 2.45) is 5.41 Å². The van der Waals surface area contributed by atoms with Crippen molar-refractivity contribution in [2.75, 3.05) is 18.0 Å². The second kappa shape index (κ2) is 5.22. The van der Waals surface area contributed by atoms with Crippen molar-refractivity contribution in [3.8, 4) is 6.07 Å². The normalized spacial score (nSPS) is 22.2. The summed E-state index contributed by atoms with van der Waals surface area (Å²) >= 11 is 0. The van der Waals surface area contributed by atoms with E-state index in [1.54, 1.807) is 0 Å². The lowest BCUT2D eigenvalue weighted by Crippen LogP contribution is -2.35. The van der Waals surface area contributed by atoms with Crippen molar-refractivity contribution in [1.82, 2.24) is 9.97 Å². The van der Waals surface area contributed by atoms with E-state index in [4.69, 9.17) is 5.26 Å². The van der Waals surface area contributed by atoms with Gasteiger partial charge < -0.3 is 10.0 Å². The van der Waals surface area contributed by atoms with E-state index in [9.17, 15) is 9.90 Å². The maximum atomic E-state index is 11.5. The Labute approximate surface area is 111 Å². The Morgan fingerprint density at radius 3 is 3.11 bits per heavy atom. The molecule has 0 spiro atoms. The molecule has 19 heavy (non-hydrogen) atoms. The quantitative estimate of drug-likeness (QED) is 0.880. The summed E-state index contributed by atoms with van der Waals surface area (Å²) in [7, 11) is 0. The molecule has 1 N–H and O–H groups in total. The number of carboxylic acids is 1. The van der Waals surface area contributed by atoms with Gasteiger partial charge in [-0.1, -0.05) is 13.3 Å². The Morgan fingerprint density at radius 1 is 1.68 bits per heavy atom. The molecule has 0 saturated carbocycles. The van der Waals surface area contributed by atoms with Crippen LogP contribution in [0.4, 0.5) is 5.95 Å². The molecule has 0 aromatic carbocycles. The van der Waals surface area contributed by atoms with Gasteiger partial charge in [0.25, 0.3) is 0 Å². The largest absolute Gasteiger partial charge is 0.481 e. The number of rotatable bonds is 4. The highest BCUT2D eigenvalue weighted by Gasteiger charge is 2.44. The van der Waals surface area contributed by atoms with E-state index < -0.39 is 11.4 Å². The first-order valence-electron chi connectivity index (χ1n) is 6.33. The zero-order chi connectivity index (χ0) is 13.9. The van der Waals surface area contributed by atoms with E-state index in [0.29, 0.717) is 37.6 Å². The number of nitriles is 1. The minimum absolute atomic E-state index is 0.299. The topological polar surface area (TPSA) is 90.1 Å². The highest BCUT2D eigenvalue weighted by Crippen LogP contribution is 2.36. The smallest absolute Gasteiger partial charge is 0.311 e. The Kier molecular flexibility index (Phi) is 3.65. The Balaban J connectivity index is 2.21. The van der Waals surface area contributed by atoms with Crippen LogP contribution in [0.15, 0.2) is 12.3 Å². The number of hydrogen-bond donors (Lipinski definition) is 1. The van der Waals surface area contributed by atoms with Crippen molar-refractivity contribution in [3.63, 3.8) is 0 Å². The zero-order valence-electron chi connectivity index (χ0n) is 10.8. The minimum Gasteiger partial charge on any atom is -0.481 e. The monoisotopic (exact) mass is 260 g/mol. The lowest BCUT2D eigenvalue weighted by molar-refractivity contribution is -0.148. The van der Waals surface area contributed by atoms with Gasteiger partial charge in [0.1, 0.15) is 11.8 Å². The van der Waals surface area contributed by atoms with Gasteiger partial charge in [0.05, 0.1) is 5.41 Å². The molecular formula is C13H16N4O2. The van der Waals surface area contributed by atoms with Crippen LogP contribution in [0, 0.1) is 16.7 Å². The molecule has 2 rings (SSSR count). The molecule has 1 fully saturated rings. The van der Waals surface area contributed by atoms with E-state index >= 15 is 0 Å². The molecule has 0 aliphatic carbocycles.